The average Bonchev–Trinajstić information content (AvgIpc) is 2.58. The van der Waals surface area contributed by atoms with E-state index in [2.05, 4.69) is 48.2 Å². The molecule has 2 aromatic rings. The predicted molar refractivity (Wildman–Crippen MR) is 99.1 cm³/mol. The number of aryl methyl sites for hydroxylation is 1. The van der Waals surface area contributed by atoms with Gasteiger partial charge in [0, 0.05) is 33.4 Å². The van der Waals surface area contributed by atoms with Gasteiger partial charge >= 0.3 is 0 Å². The van der Waals surface area contributed by atoms with Gasteiger partial charge in [-0.1, -0.05) is 54.6 Å². The van der Waals surface area contributed by atoms with Gasteiger partial charge in [0.25, 0.3) is 0 Å². The summed E-state index contributed by atoms with van der Waals surface area (Å²) in [6.45, 7) is 5.35. The van der Waals surface area contributed by atoms with Crippen LogP contribution >= 0.6 is 0 Å². The largest absolute Gasteiger partial charge is 0.391 e. The van der Waals surface area contributed by atoms with Crippen LogP contribution in [-0.4, -0.2) is 42.9 Å². The zero-order valence-corrected chi connectivity index (χ0v) is 14.8. The summed E-state index contributed by atoms with van der Waals surface area (Å²) >= 11 is 0. The van der Waals surface area contributed by atoms with Gasteiger partial charge in [-0.3, -0.25) is 4.90 Å². The zero-order valence-electron chi connectivity index (χ0n) is 14.8. The molecule has 0 aliphatic heterocycles. The first-order valence-corrected chi connectivity index (χ1v) is 8.67. The maximum Gasteiger partial charge on any atom is 0.0707 e. The van der Waals surface area contributed by atoms with Crippen molar-refractivity contribution >= 4 is 0 Å². The van der Waals surface area contributed by atoms with Crippen LogP contribution in [0.15, 0.2) is 54.6 Å². The zero-order chi connectivity index (χ0) is 17.2. The Morgan fingerprint density at radius 2 is 1.75 bits per heavy atom. The number of hydrogen-bond donors (Lipinski definition) is 1. The molecule has 0 aliphatic carbocycles. The Morgan fingerprint density at radius 1 is 1.04 bits per heavy atom. The van der Waals surface area contributed by atoms with Crippen molar-refractivity contribution in [3.05, 3.63) is 71.3 Å². The summed E-state index contributed by atoms with van der Waals surface area (Å²) in [7, 11) is 1.73. The van der Waals surface area contributed by atoms with Gasteiger partial charge in [-0.05, 0) is 36.5 Å². The van der Waals surface area contributed by atoms with E-state index >= 15 is 0 Å². The van der Waals surface area contributed by atoms with Crippen LogP contribution in [0.25, 0.3) is 0 Å². The molecule has 2 aromatic carbocycles. The monoisotopic (exact) mass is 327 g/mol. The number of nitrogens with zero attached hydrogens (tertiary/aromatic N) is 1. The van der Waals surface area contributed by atoms with Gasteiger partial charge in [-0.25, -0.2) is 0 Å². The third-order valence-electron chi connectivity index (χ3n) is 4.26. The Balaban J connectivity index is 1.95. The fraction of sp³-hybridized carbons (Fsp3) is 0.429. The van der Waals surface area contributed by atoms with E-state index in [1.807, 2.05) is 18.2 Å². The molecule has 130 valence electrons. The van der Waals surface area contributed by atoms with E-state index in [-0.39, 0.29) is 6.10 Å². The van der Waals surface area contributed by atoms with E-state index in [0.29, 0.717) is 13.0 Å². The van der Waals surface area contributed by atoms with Crippen molar-refractivity contribution in [2.45, 2.75) is 32.4 Å². The van der Waals surface area contributed by atoms with Gasteiger partial charge in [-0.2, -0.15) is 0 Å². The highest BCUT2D eigenvalue weighted by Gasteiger charge is 2.13. The first-order valence-electron chi connectivity index (χ1n) is 8.67. The molecule has 3 nitrogen and oxygen atoms in total. The standard InChI is InChI=1S/C21H29NO2/c1-18-9-6-7-12-20(18)16-22(13-8-14-24-2)17-21(23)15-19-10-4-3-5-11-19/h3-7,9-12,21,23H,8,13-17H2,1-2H3/t21-/m1/s1. The molecule has 0 unspecified atom stereocenters. The fourth-order valence-corrected chi connectivity index (χ4v) is 2.94. The molecule has 0 amide bonds. The first kappa shape index (κ1) is 18.7. The molecule has 3 heteroatoms. The number of hydrogen-bond acceptors (Lipinski definition) is 3. The van der Waals surface area contributed by atoms with Crippen molar-refractivity contribution in [2.24, 2.45) is 0 Å². The molecule has 0 aromatic heterocycles. The van der Waals surface area contributed by atoms with Gasteiger partial charge in [0.2, 0.25) is 0 Å². The van der Waals surface area contributed by atoms with Crippen molar-refractivity contribution in [1.82, 2.24) is 4.90 Å². The lowest BCUT2D eigenvalue weighted by Crippen LogP contribution is -2.34. The van der Waals surface area contributed by atoms with Crippen LogP contribution in [0.2, 0.25) is 0 Å². The van der Waals surface area contributed by atoms with Crippen molar-refractivity contribution in [3.8, 4) is 0 Å². The lowest BCUT2D eigenvalue weighted by molar-refractivity contribution is 0.0993. The molecule has 0 spiro atoms. The molecule has 2 rings (SSSR count). The Morgan fingerprint density at radius 3 is 2.46 bits per heavy atom. The molecular formula is C21H29NO2. The Hall–Kier alpha value is -1.68. The van der Waals surface area contributed by atoms with Crippen molar-refractivity contribution in [1.29, 1.82) is 0 Å². The first-order chi connectivity index (χ1) is 11.7. The summed E-state index contributed by atoms with van der Waals surface area (Å²) in [4.78, 5) is 2.33. The topological polar surface area (TPSA) is 32.7 Å². The van der Waals surface area contributed by atoms with E-state index in [0.717, 1.165) is 26.1 Å². The number of rotatable bonds is 10. The van der Waals surface area contributed by atoms with E-state index < -0.39 is 0 Å². The Kier molecular flexibility index (Phi) is 7.96. The smallest absolute Gasteiger partial charge is 0.0707 e. The van der Waals surface area contributed by atoms with Gasteiger partial charge in [-0.15, -0.1) is 0 Å². The second-order valence-corrected chi connectivity index (χ2v) is 6.35. The summed E-state index contributed by atoms with van der Waals surface area (Å²) in [5.74, 6) is 0. The molecule has 1 N–H and O–H groups in total. The molecule has 0 saturated heterocycles. The minimum Gasteiger partial charge on any atom is -0.391 e. The molecule has 24 heavy (non-hydrogen) atoms. The number of methoxy groups -OCH3 is 1. The molecular weight excluding hydrogens is 298 g/mol. The number of aliphatic hydroxyl groups is 1. The summed E-state index contributed by atoms with van der Waals surface area (Å²) in [5, 5.41) is 10.5. The fourth-order valence-electron chi connectivity index (χ4n) is 2.94. The van der Waals surface area contributed by atoms with E-state index in [9.17, 15) is 5.11 Å². The molecule has 0 saturated carbocycles. The van der Waals surface area contributed by atoms with Gasteiger partial charge in [0.05, 0.1) is 6.10 Å². The van der Waals surface area contributed by atoms with Crippen LogP contribution in [0.5, 0.6) is 0 Å². The van der Waals surface area contributed by atoms with Crippen LogP contribution < -0.4 is 0 Å². The van der Waals surface area contributed by atoms with E-state index in [4.69, 9.17) is 4.74 Å². The summed E-state index contributed by atoms with van der Waals surface area (Å²) in [5.41, 5.74) is 3.80. The summed E-state index contributed by atoms with van der Waals surface area (Å²) in [6.07, 6.45) is 1.30. The normalized spacial score (nSPS) is 12.5. The van der Waals surface area contributed by atoms with E-state index in [1.165, 1.54) is 16.7 Å². The predicted octanol–water partition coefficient (Wildman–Crippen LogP) is 3.44. The third-order valence-corrected chi connectivity index (χ3v) is 4.26. The second-order valence-electron chi connectivity index (χ2n) is 6.35. The van der Waals surface area contributed by atoms with Crippen molar-refractivity contribution < 1.29 is 9.84 Å². The number of ether oxygens (including phenoxy) is 1. The van der Waals surface area contributed by atoms with Crippen LogP contribution in [0.4, 0.5) is 0 Å². The molecule has 0 fully saturated rings. The molecule has 0 aliphatic rings. The quantitative estimate of drug-likeness (QED) is 0.679. The highest BCUT2D eigenvalue weighted by Crippen LogP contribution is 2.12. The lowest BCUT2D eigenvalue weighted by Gasteiger charge is -2.26. The van der Waals surface area contributed by atoms with Crippen LogP contribution in [0, 0.1) is 6.92 Å². The maximum absolute atomic E-state index is 10.5. The van der Waals surface area contributed by atoms with Crippen molar-refractivity contribution in [2.75, 3.05) is 26.8 Å². The SMILES string of the molecule is COCCCN(Cc1ccccc1C)C[C@H](O)Cc1ccccc1. The molecule has 0 radical (unpaired) electrons. The molecule has 0 bridgehead atoms. The van der Waals surface area contributed by atoms with Crippen molar-refractivity contribution in [3.63, 3.8) is 0 Å². The average molecular weight is 327 g/mol. The highest BCUT2D eigenvalue weighted by molar-refractivity contribution is 5.25. The van der Waals surface area contributed by atoms with Crippen LogP contribution in [0.3, 0.4) is 0 Å². The maximum atomic E-state index is 10.5. The minimum absolute atomic E-state index is 0.362. The number of aliphatic hydroxyl groups excluding tert-OH is 1. The van der Waals surface area contributed by atoms with Gasteiger partial charge < -0.3 is 9.84 Å². The van der Waals surface area contributed by atoms with Gasteiger partial charge in [0.15, 0.2) is 0 Å². The highest BCUT2D eigenvalue weighted by atomic mass is 16.5. The summed E-state index contributed by atoms with van der Waals surface area (Å²) < 4.78 is 5.18. The Labute approximate surface area is 145 Å². The van der Waals surface area contributed by atoms with Gasteiger partial charge in [0.1, 0.15) is 0 Å². The van der Waals surface area contributed by atoms with Crippen LogP contribution in [-0.2, 0) is 17.7 Å². The van der Waals surface area contributed by atoms with Crippen LogP contribution in [0.1, 0.15) is 23.1 Å². The number of benzene rings is 2. The molecule has 1 atom stereocenters. The molecule has 0 heterocycles. The lowest BCUT2D eigenvalue weighted by atomic mass is 10.1. The van der Waals surface area contributed by atoms with E-state index in [1.54, 1.807) is 7.11 Å². The summed E-state index contributed by atoms with van der Waals surface area (Å²) in [6, 6.07) is 18.6. The second kappa shape index (κ2) is 10.2. The Bertz CT molecular complexity index is 585. The minimum atomic E-state index is -0.362. The third kappa shape index (κ3) is 6.44.